The lowest BCUT2D eigenvalue weighted by Gasteiger charge is -2.20. The van der Waals surface area contributed by atoms with E-state index in [1.165, 1.54) is 0 Å². The third-order valence-electron chi connectivity index (χ3n) is 4.54. The van der Waals surface area contributed by atoms with Crippen molar-refractivity contribution in [1.29, 1.82) is 0 Å². The molecule has 1 aliphatic heterocycles. The SMILES string of the molecule is COc1ccccc1CC(C)CC(=O)N1CCC(C(C)O)C1. The third-order valence-corrected chi connectivity index (χ3v) is 4.54. The number of nitrogens with zero attached hydrogens (tertiary/aromatic N) is 1. The van der Waals surface area contributed by atoms with Crippen LogP contribution in [0, 0.1) is 11.8 Å². The number of hydrogen-bond donors (Lipinski definition) is 1. The minimum Gasteiger partial charge on any atom is -0.496 e. The number of carbonyl (C=O) groups excluding carboxylic acids is 1. The molecule has 0 saturated carbocycles. The van der Waals surface area contributed by atoms with Gasteiger partial charge < -0.3 is 14.7 Å². The zero-order chi connectivity index (χ0) is 16.1. The molecule has 2 rings (SSSR count). The standard InChI is InChI=1S/C18H27NO3/c1-13(10-15-6-4-5-7-17(15)22-3)11-18(21)19-9-8-16(12-19)14(2)20/h4-7,13-14,16,20H,8-12H2,1-3H3. The number of methoxy groups -OCH3 is 1. The van der Waals surface area contributed by atoms with E-state index in [9.17, 15) is 9.90 Å². The molecule has 1 amide bonds. The van der Waals surface area contributed by atoms with Crippen LogP contribution in [0.25, 0.3) is 0 Å². The Hall–Kier alpha value is -1.55. The van der Waals surface area contributed by atoms with E-state index in [0.29, 0.717) is 13.0 Å². The first-order valence-electron chi connectivity index (χ1n) is 8.09. The fourth-order valence-electron chi connectivity index (χ4n) is 3.15. The Kier molecular flexibility index (Phi) is 5.83. The van der Waals surface area contributed by atoms with Crippen molar-refractivity contribution in [3.63, 3.8) is 0 Å². The highest BCUT2D eigenvalue weighted by molar-refractivity contribution is 5.76. The van der Waals surface area contributed by atoms with Crippen LogP contribution in [0.2, 0.25) is 0 Å². The van der Waals surface area contributed by atoms with Gasteiger partial charge in [-0.25, -0.2) is 0 Å². The fourth-order valence-corrected chi connectivity index (χ4v) is 3.15. The molecule has 4 heteroatoms. The lowest BCUT2D eigenvalue weighted by molar-refractivity contribution is -0.131. The van der Waals surface area contributed by atoms with Gasteiger partial charge in [-0.3, -0.25) is 4.79 Å². The summed E-state index contributed by atoms with van der Waals surface area (Å²) in [5, 5.41) is 9.63. The van der Waals surface area contributed by atoms with E-state index in [0.717, 1.165) is 30.7 Å². The van der Waals surface area contributed by atoms with Crippen molar-refractivity contribution in [3.8, 4) is 5.75 Å². The van der Waals surface area contributed by atoms with Crippen LogP contribution in [0.3, 0.4) is 0 Å². The summed E-state index contributed by atoms with van der Waals surface area (Å²) >= 11 is 0. The minimum absolute atomic E-state index is 0.200. The average molecular weight is 305 g/mol. The number of aliphatic hydroxyl groups is 1. The van der Waals surface area contributed by atoms with Crippen molar-refractivity contribution in [3.05, 3.63) is 29.8 Å². The first-order chi connectivity index (χ1) is 10.5. The molecule has 1 aliphatic rings. The predicted octanol–water partition coefficient (Wildman–Crippen LogP) is 2.49. The first-order valence-corrected chi connectivity index (χ1v) is 8.09. The summed E-state index contributed by atoms with van der Waals surface area (Å²) in [5.74, 6) is 1.59. The van der Waals surface area contributed by atoms with Crippen molar-refractivity contribution in [2.45, 2.75) is 39.2 Å². The summed E-state index contributed by atoms with van der Waals surface area (Å²) in [6.45, 7) is 5.38. The van der Waals surface area contributed by atoms with E-state index in [2.05, 4.69) is 13.0 Å². The van der Waals surface area contributed by atoms with Crippen LogP contribution in [-0.2, 0) is 11.2 Å². The lowest BCUT2D eigenvalue weighted by Crippen LogP contribution is -2.31. The molecule has 1 heterocycles. The molecule has 122 valence electrons. The van der Waals surface area contributed by atoms with E-state index in [4.69, 9.17) is 4.74 Å². The maximum absolute atomic E-state index is 12.4. The normalized spacial score (nSPS) is 20.7. The molecule has 1 saturated heterocycles. The maximum Gasteiger partial charge on any atom is 0.222 e. The molecular weight excluding hydrogens is 278 g/mol. The Morgan fingerprint density at radius 2 is 2.14 bits per heavy atom. The highest BCUT2D eigenvalue weighted by Gasteiger charge is 2.29. The van der Waals surface area contributed by atoms with E-state index in [-0.39, 0.29) is 23.8 Å². The topological polar surface area (TPSA) is 49.8 Å². The van der Waals surface area contributed by atoms with Gasteiger partial charge in [0.05, 0.1) is 13.2 Å². The van der Waals surface area contributed by atoms with Gasteiger partial charge in [0, 0.05) is 25.4 Å². The molecular formula is C18H27NO3. The molecule has 1 aromatic rings. The third kappa shape index (κ3) is 4.23. The molecule has 0 bridgehead atoms. The highest BCUT2D eigenvalue weighted by Crippen LogP contribution is 2.24. The minimum atomic E-state index is -0.330. The van der Waals surface area contributed by atoms with E-state index < -0.39 is 0 Å². The summed E-state index contributed by atoms with van der Waals surface area (Å²) in [6.07, 6.45) is 1.96. The number of benzene rings is 1. The van der Waals surface area contributed by atoms with Gasteiger partial charge >= 0.3 is 0 Å². The van der Waals surface area contributed by atoms with Crippen molar-refractivity contribution >= 4 is 5.91 Å². The van der Waals surface area contributed by atoms with E-state index in [1.54, 1.807) is 7.11 Å². The highest BCUT2D eigenvalue weighted by atomic mass is 16.5. The molecule has 0 spiro atoms. The van der Waals surface area contributed by atoms with E-state index in [1.807, 2.05) is 30.0 Å². The van der Waals surface area contributed by atoms with Gasteiger partial charge in [0.15, 0.2) is 0 Å². The Morgan fingerprint density at radius 1 is 1.41 bits per heavy atom. The van der Waals surface area contributed by atoms with Crippen LogP contribution in [-0.4, -0.2) is 42.2 Å². The van der Waals surface area contributed by atoms with Gasteiger partial charge in [0.1, 0.15) is 5.75 Å². The molecule has 1 aromatic carbocycles. The number of aliphatic hydroxyl groups excluding tert-OH is 1. The number of ether oxygens (including phenoxy) is 1. The van der Waals surface area contributed by atoms with Crippen molar-refractivity contribution in [1.82, 2.24) is 4.90 Å². The number of amides is 1. The molecule has 3 atom stereocenters. The van der Waals surface area contributed by atoms with E-state index >= 15 is 0 Å². The second kappa shape index (κ2) is 7.63. The zero-order valence-corrected chi connectivity index (χ0v) is 13.8. The van der Waals surface area contributed by atoms with Gasteiger partial charge in [0.25, 0.3) is 0 Å². The Morgan fingerprint density at radius 3 is 2.77 bits per heavy atom. The Labute approximate surface area is 133 Å². The molecule has 0 radical (unpaired) electrons. The van der Waals surface area contributed by atoms with Gasteiger partial charge in [-0.1, -0.05) is 25.1 Å². The Bertz CT molecular complexity index is 501. The molecule has 3 unspecified atom stereocenters. The summed E-state index contributed by atoms with van der Waals surface area (Å²) in [5.41, 5.74) is 1.15. The summed E-state index contributed by atoms with van der Waals surface area (Å²) in [6, 6.07) is 7.97. The molecule has 1 N–H and O–H groups in total. The molecule has 22 heavy (non-hydrogen) atoms. The average Bonchev–Trinajstić information content (AvgIpc) is 2.98. The van der Waals surface area contributed by atoms with Crippen LogP contribution < -0.4 is 4.74 Å². The van der Waals surface area contributed by atoms with Gasteiger partial charge in [0.2, 0.25) is 5.91 Å². The molecule has 4 nitrogen and oxygen atoms in total. The van der Waals surface area contributed by atoms with Crippen LogP contribution in [0.4, 0.5) is 0 Å². The van der Waals surface area contributed by atoms with Crippen LogP contribution in [0.5, 0.6) is 5.75 Å². The predicted molar refractivity (Wildman–Crippen MR) is 86.8 cm³/mol. The van der Waals surface area contributed by atoms with Gasteiger partial charge in [-0.05, 0) is 37.3 Å². The second-order valence-corrected chi connectivity index (χ2v) is 6.45. The van der Waals surface area contributed by atoms with Crippen LogP contribution in [0.1, 0.15) is 32.3 Å². The number of carbonyl (C=O) groups is 1. The molecule has 0 aliphatic carbocycles. The number of rotatable bonds is 6. The summed E-state index contributed by atoms with van der Waals surface area (Å²) in [7, 11) is 1.68. The van der Waals surface area contributed by atoms with Crippen molar-refractivity contribution in [2.24, 2.45) is 11.8 Å². The van der Waals surface area contributed by atoms with Crippen LogP contribution in [0.15, 0.2) is 24.3 Å². The summed E-state index contributed by atoms with van der Waals surface area (Å²) < 4.78 is 5.37. The fraction of sp³-hybridized carbons (Fsp3) is 0.611. The lowest BCUT2D eigenvalue weighted by atomic mass is 9.97. The monoisotopic (exact) mass is 305 g/mol. The summed E-state index contributed by atoms with van der Waals surface area (Å²) in [4.78, 5) is 14.3. The molecule has 1 fully saturated rings. The largest absolute Gasteiger partial charge is 0.496 e. The Balaban J connectivity index is 1.87. The quantitative estimate of drug-likeness (QED) is 0.878. The maximum atomic E-state index is 12.4. The van der Waals surface area contributed by atoms with Crippen molar-refractivity contribution < 1.29 is 14.6 Å². The number of likely N-dealkylation sites (tertiary alicyclic amines) is 1. The first kappa shape index (κ1) is 16.8. The smallest absolute Gasteiger partial charge is 0.222 e. The molecule has 0 aromatic heterocycles. The van der Waals surface area contributed by atoms with Crippen LogP contribution >= 0.6 is 0 Å². The number of hydrogen-bond acceptors (Lipinski definition) is 3. The number of para-hydroxylation sites is 1. The van der Waals surface area contributed by atoms with Crippen molar-refractivity contribution in [2.75, 3.05) is 20.2 Å². The second-order valence-electron chi connectivity index (χ2n) is 6.45. The van der Waals surface area contributed by atoms with Gasteiger partial charge in [-0.2, -0.15) is 0 Å². The zero-order valence-electron chi connectivity index (χ0n) is 13.8. The van der Waals surface area contributed by atoms with Gasteiger partial charge in [-0.15, -0.1) is 0 Å².